The van der Waals surface area contributed by atoms with Crippen LogP contribution in [0, 0.1) is 6.92 Å². The van der Waals surface area contributed by atoms with Crippen LogP contribution in [-0.2, 0) is 11.3 Å². The van der Waals surface area contributed by atoms with E-state index in [1.807, 2.05) is 31.2 Å². The zero-order valence-electron chi connectivity index (χ0n) is 15.1. The van der Waals surface area contributed by atoms with E-state index >= 15 is 0 Å². The number of ether oxygens (including phenoxy) is 1. The van der Waals surface area contributed by atoms with Crippen molar-refractivity contribution in [2.75, 3.05) is 13.7 Å². The molecule has 9 heteroatoms. The number of amides is 1. The summed E-state index contributed by atoms with van der Waals surface area (Å²) >= 11 is 17.9. The molecule has 0 fully saturated rings. The molecule has 1 aromatic heterocycles. The number of aromatic nitrogens is 2. The van der Waals surface area contributed by atoms with Crippen LogP contribution in [0.1, 0.15) is 11.5 Å². The number of carbonyl (C=O) groups excluding carboxylic acids is 1. The van der Waals surface area contributed by atoms with Crippen molar-refractivity contribution in [1.29, 1.82) is 0 Å². The highest BCUT2D eigenvalue weighted by molar-refractivity contribution is 6.43. The number of likely N-dealkylation sites (N-methyl/N-ethyl adjacent to an activating group) is 1. The van der Waals surface area contributed by atoms with E-state index in [1.54, 1.807) is 7.05 Å². The predicted octanol–water partition coefficient (Wildman–Crippen LogP) is 5.04. The maximum absolute atomic E-state index is 12.3. The molecule has 0 bridgehead atoms. The number of hydrogen-bond acceptors (Lipinski definition) is 5. The van der Waals surface area contributed by atoms with Crippen molar-refractivity contribution in [2.24, 2.45) is 0 Å². The third kappa shape index (κ3) is 4.95. The van der Waals surface area contributed by atoms with Crippen LogP contribution in [0.2, 0.25) is 15.1 Å². The van der Waals surface area contributed by atoms with Gasteiger partial charge in [-0.15, -0.1) is 0 Å². The Morgan fingerprint density at radius 3 is 2.64 bits per heavy atom. The van der Waals surface area contributed by atoms with Gasteiger partial charge in [0, 0.05) is 18.7 Å². The van der Waals surface area contributed by atoms with Crippen molar-refractivity contribution in [3.05, 3.63) is 62.9 Å². The second kappa shape index (κ2) is 8.82. The summed E-state index contributed by atoms with van der Waals surface area (Å²) in [6.45, 7) is 1.90. The highest BCUT2D eigenvalue weighted by atomic mass is 35.5. The summed E-state index contributed by atoms with van der Waals surface area (Å²) in [6.07, 6.45) is 0. The lowest BCUT2D eigenvalue weighted by molar-refractivity contribution is -0.132. The maximum atomic E-state index is 12.3. The molecule has 1 amide bonds. The van der Waals surface area contributed by atoms with Gasteiger partial charge in [0.2, 0.25) is 11.7 Å². The van der Waals surface area contributed by atoms with Gasteiger partial charge in [0.05, 0.1) is 21.6 Å². The van der Waals surface area contributed by atoms with Crippen molar-refractivity contribution < 1.29 is 14.1 Å². The normalized spacial score (nSPS) is 10.8. The molecule has 146 valence electrons. The van der Waals surface area contributed by atoms with Gasteiger partial charge >= 0.3 is 0 Å². The lowest BCUT2D eigenvalue weighted by atomic mass is 10.1. The number of halogens is 3. The molecule has 0 aliphatic rings. The van der Waals surface area contributed by atoms with Gasteiger partial charge < -0.3 is 14.2 Å². The molecule has 28 heavy (non-hydrogen) atoms. The zero-order chi connectivity index (χ0) is 20.3. The largest absolute Gasteiger partial charge is 0.482 e. The number of nitrogens with zero attached hydrogens (tertiary/aromatic N) is 3. The second-order valence-electron chi connectivity index (χ2n) is 6.12. The summed E-state index contributed by atoms with van der Waals surface area (Å²) in [5.41, 5.74) is 1.94. The van der Waals surface area contributed by atoms with E-state index in [0.29, 0.717) is 16.7 Å². The van der Waals surface area contributed by atoms with Crippen LogP contribution in [0.5, 0.6) is 5.75 Å². The molecule has 0 radical (unpaired) electrons. The minimum Gasteiger partial charge on any atom is -0.482 e. The summed E-state index contributed by atoms with van der Waals surface area (Å²) in [6, 6.07) is 10.7. The van der Waals surface area contributed by atoms with E-state index in [9.17, 15) is 4.79 Å². The zero-order valence-corrected chi connectivity index (χ0v) is 17.3. The van der Waals surface area contributed by atoms with Gasteiger partial charge in [0.25, 0.3) is 5.91 Å². The summed E-state index contributed by atoms with van der Waals surface area (Å²) in [7, 11) is 1.61. The monoisotopic (exact) mass is 439 g/mol. The Kier molecular flexibility index (Phi) is 6.44. The molecule has 0 spiro atoms. The highest BCUT2D eigenvalue weighted by Crippen LogP contribution is 2.33. The van der Waals surface area contributed by atoms with Gasteiger partial charge in [-0.2, -0.15) is 4.98 Å². The molecule has 3 aromatic rings. The molecule has 0 aliphatic carbocycles. The number of rotatable bonds is 6. The molecule has 2 aromatic carbocycles. The van der Waals surface area contributed by atoms with Crippen molar-refractivity contribution >= 4 is 40.7 Å². The first kappa shape index (κ1) is 20.5. The molecule has 0 unspecified atom stereocenters. The van der Waals surface area contributed by atoms with Crippen LogP contribution in [0.3, 0.4) is 0 Å². The molecule has 6 nitrogen and oxygen atoms in total. The summed E-state index contributed by atoms with van der Waals surface area (Å²) in [4.78, 5) is 18.1. The van der Waals surface area contributed by atoms with Crippen LogP contribution in [-0.4, -0.2) is 34.6 Å². The lowest BCUT2D eigenvalue weighted by Crippen LogP contribution is -2.31. The third-order valence-electron chi connectivity index (χ3n) is 3.87. The smallest absolute Gasteiger partial charge is 0.260 e. The van der Waals surface area contributed by atoms with Gasteiger partial charge in [-0.25, -0.2) is 0 Å². The number of hydrogen-bond donors (Lipinski definition) is 0. The van der Waals surface area contributed by atoms with Crippen molar-refractivity contribution in [3.63, 3.8) is 0 Å². The highest BCUT2D eigenvalue weighted by Gasteiger charge is 2.16. The number of benzene rings is 2. The maximum Gasteiger partial charge on any atom is 0.260 e. The molecule has 0 aliphatic heterocycles. The molecule has 0 N–H and O–H groups in total. The minimum atomic E-state index is -0.294. The van der Waals surface area contributed by atoms with Gasteiger partial charge in [0.15, 0.2) is 6.61 Å². The SMILES string of the molecule is Cc1cccc(-c2noc(CN(C)C(=O)COc3cc(Cl)c(Cl)cc3Cl)n2)c1. The van der Waals surface area contributed by atoms with Gasteiger partial charge in [-0.1, -0.05) is 63.7 Å². The Bertz CT molecular complexity index is 1010. The Balaban J connectivity index is 1.60. The molecule has 0 atom stereocenters. The fraction of sp³-hybridized carbons (Fsp3) is 0.211. The van der Waals surface area contributed by atoms with E-state index in [4.69, 9.17) is 44.1 Å². The molecular formula is C19H16Cl3N3O3. The van der Waals surface area contributed by atoms with E-state index in [2.05, 4.69) is 10.1 Å². The molecule has 3 rings (SSSR count). The quantitative estimate of drug-likeness (QED) is 0.502. The van der Waals surface area contributed by atoms with Gasteiger partial charge in [-0.3, -0.25) is 4.79 Å². The van der Waals surface area contributed by atoms with Gasteiger partial charge in [-0.05, 0) is 19.1 Å². The molecular weight excluding hydrogens is 425 g/mol. The van der Waals surface area contributed by atoms with Crippen molar-refractivity contribution in [2.45, 2.75) is 13.5 Å². The molecule has 0 saturated carbocycles. The fourth-order valence-electron chi connectivity index (χ4n) is 2.38. The second-order valence-corrected chi connectivity index (χ2v) is 7.34. The van der Waals surface area contributed by atoms with Crippen molar-refractivity contribution in [1.82, 2.24) is 15.0 Å². The summed E-state index contributed by atoms with van der Waals surface area (Å²) in [5.74, 6) is 0.771. The first-order chi connectivity index (χ1) is 13.3. The van der Waals surface area contributed by atoms with Crippen LogP contribution in [0.25, 0.3) is 11.4 Å². The van der Waals surface area contributed by atoms with E-state index < -0.39 is 0 Å². The topological polar surface area (TPSA) is 68.5 Å². The fourth-order valence-corrected chi connectivity index (χ4v) is 2.97. The van der Waals surface area contributed by atoms with E-state index in [1.165, 1.54) is 17.0 Å². The Morgan fingerprint density at radius 1 is 1.14 bits per heavy atom. The summed E-state index contributed by atoms with van der Waals surface area (Å²) in [5, 5.41) is 4.83. The van der Waals surface area contributed by atoms with Crippen LogP contribution in [0.4, 0.5) is 0 Å². The first-order valence-electron chi connectivity index (χ1n) is 8.24. The van der Waals surface area contributed by atoms with Crippen LogP contribution < -0.4 is 4.74 Å². The Hall–Kier alpha value is -2.28. The van der Waals surface area contributed by atoms with Crippen LogP contribution >= 0.6 is 34.8 Å². The average Bonchev–Trinajstić information content (AvgIpc) is 3.12. The van der Waals surface area contributed by atoms with Crippen LogP contribution in [0.15, 0.2) is 40.9 Å². The third-order valence-corrected chi connectivity index (χ3v) is 4.89. The Morgan fingerprint density at radius 2 is 1.89 bits per heavy atom. The van der Waals surface area contributed by atoms with Gasteiger partial charge in [0.1, 0.15) is 5.75 Å². The number of aryl methyl sites for hydroxylation is 1. The minimum absolute atomic E-state index is 0.149. The van der Waals surface area contributed by atoms with E-state index in [-0.39, 0.29) is 34.9 Å². The van der Waals surface area contributed by atoms with E-state index in [0.717, 1.165) is 11.1 Å². The molecule has 1 heterocycles. The molecule has 0 saturated heterocycles. The van der Waals surface area contributed by atoms with Crippen molar-refractivity contribution in [3.8, 4) is 17.1 Å². The summed E-state index contributed by atoms with van der Waals surface area (Å²) < 4.78 is 10.7. The lowest BCUT2D eigenvalue weighted by Gasteiger charge is -2.16. The standard InChI is InChI=1S/C19H16Cl3N3O3/c1-11-4-3-5-12(6-11)19-23-17(28-24-19)9-25(2)18(26)10-27-16-8-14(21)13(20)7-15(16)22/h3-8H,9-10H2,1-2H3. The Labute approximate surface area is 176 Å². The first-order valence-corrected chi connectivity index (χ1v) is 9.38. The average molecular weight is 441 g/mol. The predicted molar refractivity (Wildman–Crippen MR) is 108 cm³/mol. The number of carbonyl (C=O) groups is 1.